The molecule has 0 saturated heterocycles. The van der Waals surface area contributed by atoms with E-state index in [1.54, 1.807) is 24.4 Å². The standard InChI is InChI=1S/C13H18N4O3/c1-2-10(6-8-18)14-12(19)9-17-13(20)16-7-4-3-5-11(16)15-17/h3-5,7,10,18H,2,6,8-9H2,1H3,(H,14,19). The highest BCUT2D eigenvalue weighted by molar-refractivity contribution is 5.75. The van der Waals surface area contributed by atoms with E-state index in [1.165, 1.54) is 4.40 Å². The fourth-order valence-electron chi connectivity index (χ4n) is 2.01. The number of nitrogens with zero attached hydrogens (tertiary/aromatic N) is 3. The largest absolute Gasteiger partial charge is 0.396 e. The number of carbonyl (C=O) groups is 1. The monoisotopic (exact) mass is 278 g/mol. The molecule has 108 valence electrons. The van der Waals surface area contributed by atoms with Gasteiger partial charge in [-0.3, -0.25) is 9.20 Å². The average Bonchev–Trinajstić information content (AvgIpc) is 2.75. The van der Waals surface area contributed by atoms with E-state index in [0.29, 0.717) is 12.1 Å². The van der Waals surface area contributed by atoms with E-state index in [4.69, 9.17) is 5.11 Å². The van der Waals surface area contributed by atoms with Crippen molar-refractivity contribution in [3.05, 3.63) is 34.9 Å². The molecule has 2 heterocycles. The van der Waals surface area contributed by atoms with E-state index in [9.17, 15) is 9.59 Å². The van der Waals surface area contributed by atoms with Crippen molar-refractivity contribution in [3.63, 3.8) is 0 Å². The molecule has 2 N–H and O–H groups in total. The van der Waals surface area contributed by atoms with Crippen molar-refractivity contribution in [1.29, 1.82) is 0 Å². The van der Waals surface area contributed by atoms with Crippen LogP contribution in [0.2, 0.25) is 0 Å². The molecule has 1 unspecified atom stereocenters. The van der Waals surface area contributed by atoms with Crippen LogP contribution in [0.1, 0.15) is 19.8 Å². The van der Waals surface area contributed by atoms with Crippen molar-refractivity contribution < 1.29 is 9.90 Å². The summed E-state index contributed by atoms with van der Waals surface area (Å²) in [4.78, 5) is 23.9. The molecule has 2 aromatic rings. The number of amides is 1. The Balaban J connectivity index is 2.10. The molecule has 0 fully saturated rings. The highest BCUT2D eigenvalue weighted by atomic mass is 16.3. The topological polar surface area (TPSA) is 88.6 Å². The molecule has 7 heteroatoms. The Morgan fingerprint density at radius 3 is 2.95 bits per heavy atom. The second-order valence-electron chi connectivity index (χ2n) is 4.55. The fraction of sp³-hybridized carbons (Fsp3) is 0.462. The van der Waals surface area contributed by atoms with Crippen LogP contribution < -0.4 is 11.0 Å². The van der Waals surface area contributed by atoms with E-state index in [2.05, 4.69) is 10.4 Å². The zero-order chi connectivity index (χ0) is 14.5. The van der Waals surface area contributed by atoms with E-state index in [0.717, 1.165) is 11.1 Å². The molecule has 2 rings (SSSR count). The summed E-state index contributed by atoms with van der Waals surface area (Å²) in [5.74, 6) is -0.282. The van der Waals surface area contributed by atoms with Crippen molar-refractivity contribution in [2.45, 2.75) is 32.4 Å². The van der Waals surface area contributed by atoms with E-state index < -0.39 is 0 Å². The van der Waals surface area contributed by atoms with Gasteiger partial charge in [0.15, 0.2) is 5.65 Å². The van der Waals surface area contributed by atoms with Crippen LogP contribution in [0.3, 0.4) is 0 Å². The van der Waals surface area contributed by atoms with Gasteiger partial charge < -0.3 is 10.4 Å². The van der Waals surface area contributed by atoms with Crippen LogP contribution in [0.25, 0.3) is 5.65 Å². The molecule has 0 aliphatic rings. The number of aromatic nitrogens is 3. The van der Waals surface area contributed by atoms with Gasteiger partial charge in [0.2, 0.25) is 5.91 Å². The normalized spacial score (nSPS) is 12.5. The van der Waals surface area contributed by atoms with Gasteiger partial charge in [-0.05, 0) is 25.0 Å². The quantitative estimate of drug-likeness (QED) is 0.764. The Hall–Kier alpha value is -2.15. The summed E-state index contributed by atoms with van der Waals surface area (Å²) < 4.78 is 2.52. The highest BCUT2D eigenvalue weighted by Gasteiger charge is 2.13. The molecule has 0 aromatic carbocycles. The van der Waals surface area contributed by atoms with Gasteiger partial charge in [0.05, 0.1) is 0 Å². The number of aliphatic hydroxyl groups is 1. The van der Waals surface area contributed by atoms with Gasteiger partial charge in [0.25, 0.3) is 0 Å². The molecule has 0 bridgehead atoms. The van der Waals surface area contributed by atoms with Crippen LogP contribution in [0.5, 0.6) is 0 Å². The number of fused-ring (bicyclic) bond motifs is 1. The maximum Gasteiger partial charge on any atom is 0.350 e. The number of nitrogens with one attached hydrogen (secondary N) is 1. The molecule has 0 radical (unpaired) electrons. The third-order valence-corrected chi connectivity index (χ3v) is 3.12. The van der Waals surface area contributed by atoms with E-state index in [1.807, 2.05) is 6.92 Å². The zero-order valence-corrected chi connectivity index (χ0v) is 11.3. The molecular formula is C13H18N4O3. The highest BCUT2D eigenvalue weighted by Crippen LogP contribution is 1.98. The average molecular weight is 278 g/mol. The van der Waals surface area contributed by atoms with E-state index in [-0.39, 0.29) is 30.8 Å². The van der Waals surface area contributed by atoms with Crippen LogP contribution in [0, 0.1) is 0 Å². The lowest BCUT2D eigenvalue weighted by Crippen LogP contribution is -2.39. The first kappa shape index (κ1) is 14.3. The Bertz CT molecular complexity index is 646. The number of hydrogen-bond acceptors (Lipinski definition) is 4. The SMILES string of the molecule is CCC(CCO)NC(=O)Cn1nc2ccccn2c1=O. The molecule has 2 aromatic heterocycles. The third-order valence-electron chi connectivity index (χ3n) is 3.12. The van der Waals surface area contributed by atoms with Crippen LogP contribution in [0.15, 0.2) is 29.2 Å². The third kappa shape index (κ3) is 3.05. The van der Waals surface area contributed by atoms with Gasteiger partial charge in [-0.15, -0.1) is 5.10 Å². The zero-order valence-electron chi connectivity index (χ0n) is 11.3. The number of rotatable bonds is 6. The van der Waals surface area contributed by atoms with Crippen LogP contribution >= 0.6 is 0 Å². The summed E-state index contributed by atoms with van der Waals surface area (Å²) in [5, 5.41) is 15.8. The number of aliphatic hydroxyl groups excluding tert-OH is 1. The first-order valence-electron chi connectivity index (χ1n) is 6.60. The van der Waals surface area contributed by atoms with Crippen molar-refractivity contribution >= 4 is 11.6 Å². The maximum absolute atomic E-state index is 12.0. The first-order chi connectivity index (χ1) is 9.65. The summed E-state index contributed by atoms with van der Waals surface area (Å²) in [6.45, 7) is 1.83. The van der Waals surface area contributed by atoms with Gasteiger partial charge in [-0.25, -0.2) is 9.48 Å². The van der Waals surface area contributed by atoms with Crippen LogP contribution in [0.4, 0.5) is 0 Å². The van der Waals surface area contributed by atoms with Gasteiger partial charge in [-0.1, -0.05) is 13.0 Å². The lowest BCUT2D eigenvalue weighted by Gasteiger charge is -2.15. The van der Waals surface area contributed by atoms with Crippen molar-refractivity contribution in [2.24, 2.45) is 0 Å². The summed E-state index contributed by atoms with van der Waals surface area (Å²) in [7, 11) is 0. The predicted octanol–water partition coefficient (Wildman–Crippen LogP) is -0.227. The fourth-order valence-corrected chi connectivity index (χ4v) is 2.01. The second-order valence-corrected chi connectivity index (χ2v) is 4.55. The lowest BCUT2D eigenvalue weighted by atomic mass is 10.1. The van der Waals surface area contributed by atoms with Crippen LogP contribution in [-0.2, 0) is 11.3 Å². The number of hydrogen-bond donors (Lipinski definition) is 2. The summed E-state index contributed by atoms with van der Waals surface area (Å²) in [5.41, 5.74) is 0.165. The molecule has 0 aliphatic carbocycles. The van der Waals surface area contributed by atoms with Gasteiger partial charge in [0.1, 0.15) is 6.54 Å². The molecule has 1 atom stereocenters. The second kappa shape index (κ2) is 6.33. The smallest absolute Gasteiger partial charge is 0.350 e. The molecule has 1 amide bonds. The van der Waals surface area contributed by atoms with Crippen molar-refractivity contribution in [3.8, 4) is 0 Å². The minimum absolute atomic E-state index is 0.0209. The maximum atomic E-state index is 12.0. The summed E-state index contributed by atoms with van der Waals surface area (Å²) in [6, 6.07) is 5.13. The minimum atomic E-state index is -0.342. The molecule has 0 aliphatic heterocycles. The summed E-state index contributed by atoms with van der Waals surface area (Å²) >= 11 is 0. The Labute approximate surface area is 115 Å². The van der Waals surface area contributed by atoms with Gasteiger partial charge >= 0.3 is 5.69 Å². The Kier molecular flexibility index (Phi) is 4.52. The van der Waals surface area contributed by atoms with E-state index >= 15 is 0 Å². The molecular weight excluding hydrogens is 260 g/mol. The first-order valence-corrected chi connectivity index (χ1v) is 6.60. The number of pyridine rings is 1. The molecule has 7 nitrogen and oxygen atoms in total. The predicted molar refractivity (Wildman–Crippen MR) is 73.4 cm³/mol. The van der Waals surface area contributed by atoms with Gasteiger partial charge in [0, 0.05) is 18.8 Å². The minimum Gasteiger partial charge on any atom is -0.396 e. The molecule has 0 spiro atoms. The molecule has 20 heavy (non-hydrogen) atoms. The van der Waals surface area contributed by atoms with Gasteiger partial charge in [-0.2, -0.15) is 0 Å². The lowest BCUT2D eigenvalue weighted by molar-refractivity contribution is -0.122. The Morgan fingerprint density at radius 2 is 2.30 bits per heavy atom. The number of carbonyl (C=O) groups excluding carboxylic acids is 1. The molecule has 0 saturated carbocycles. The Morgan fingerprint density at radius 1 is 1.50 bits per heavy atom. The van der Waals surface area contributed by atoms with Crippen molar-refractivity contribution in [2.75, 3.05) is 6.61 Å². The van der Waals surface area contributed by atoms with Crippen LogP contribution in [-0.4, -0.2) is 37.8 Å². The summed E-state index contributed by atoms with van der Waals surface area (Å²) in [6.07, 6.45) is 2.84. The van der Waals surface area contributed by atoms with Crippen molar-refractivity contribution in [1.82, 2.24) is 19.5 Å².